The molecule has 112 valence electrons. The van der Waals surface area contributed by atoms with Crippen LogP contribution < -0.4 is 5.73 Å². The van der Waals surface area contributed by atoms with E-state index in [4.69, 9.17) is 10.5 Å². The highest BCUT2D eigenvalue weighted by Gasteiger charge is 2.31. The van der Waals surface area contributed by atoms with Crippen molar-refractivity contribution in [3.8, 4) is 0 Å². The van der Waals surface area contributed by atoms with Crippen molar-refractivity contribution in [2.24, 2.45) is 5.73 Å². The van der Waals surface area contributed by atoms with Crippen molar-refractivity contribution >= 4 is 5.97 Å². The second-order valence-electron chi connectivity index (χ2n) is 4.43. The lowest BCUT2D eigenvalue weighted by molar-refractivity contribution is -0.143. The number of nitrogens with two attached hydrogens (primary N) is 1. The number of hydrogen-bond donors (Lipinski definition) is 1. The second kappa shape index (κ2) is 6.74. The van der Waals surface area contributed by atoms with Gasteiger partial charge in [-0.1, -0.05) is 13.0 Å². The van der Waals surface area contributed by atoms with Gasteiger partial charge in [0.25, 0.3) is 0 Å². The molecule has 0 aromatic heterocycles. The summed E-state index contributed by atoms with van der Waals surface area (Å²) >= 11 is 0. The Bertz CT molecular complexity index is 472. The van der Waals surface area contributed by atoms with E-state index in [9.17, 15) is 18.0 Å². The maximum Gasteiger partial charge on any atom is 0.416 e. The summed E-state index contributed by atoms with van der Waals surface area (Å²) in [6.45, 7) is 3.63. The average Bonchev–Trinajstić information content (AvgIpc) is 2.37. The zero-order chi connectivity index (χ0) is 15.3. The highest BCUT2D eigenvalue weighted by atomic mass is 19.4. The Hall–Kier alpha value is -1.56. The standard InChI is InChI=1S/C14H18F3NO2/c1-3-9-5-10(7-11(6-9)14(15,16)17)12(18)8-13(19)20-4-2/h5-7,12H,3-4,8,18H2,1-2H3. The smallest absolute Gasteiger partial charge is 0.416 e. The lowest BCUT2D eigenvalue weighted by Crippen LogP contribution is -2.18. The summed E-state index contributed by atoms with van der Waals surface area (Å²) in [5.41, 5.74) is 5.88. The van der Waals surface area contributed by atoms with Crippen LogP contribution in [0.25, 0.3) is 0 Å². The molecule has 1 atom stereocenters. The fourth-order valence-corrected chi connectivity index (χ4v) is 1.82. The number of benzene rings is 1. The predicted octanol–water partition coefficient (Wildman–Crippen LogP) is 3.22. The lowest BCUT2D eigenvalue weighted by atomic mass is 9.97. The maximum absolute atomic E-state index is 12.8. The average molecular weight is 289 g/mol. The van der Waals surface area contributed by atoms with Gasteiger partial charge in [0.2, 0.25) is 0 Å². The zero-order valence-electron chi connectivity index (χ0n) is 11.5. The summed E-state index contributed by atoms with van der Waals surface area (Å²) < 4.78 is 43.1. The molecule has 0 radical (unpaired) electrons. The van der Waals surface area contributed by atoms with Crippen LogP contribution >= 0.6 is 0 Å². The van der Waals surface area contributed by atoms with Gasteiger partial charge >= 0.3 is 12.1 Å². The molecule has 0 fully saturated rings. The van der Waals surface area contributed by atoms with Crippen molar-refractivity contribution in [2.75, 3.05) is 6.61 Å². The Morgan fingerprint density at radius 1 is 1.30 bits per heavy atom. The molecule has 0 aliphatic rings. The van der Waals surface area contributed by atoms with Crippen molar-refractivity contribution < 1.29 is 22.7 Å². The molecule has 1 rings (SSSR count). The van der Waals surface area contributed by atoms with Crippen LogP contribution in [0.3, 0.4) is 0 Å². The monoisotopic (exact) mass is 289 g/mol. The molecule has 1 unspecified atom stereocenters. The van der Waals surface area contributed by atoms with Gasteiger partial charge in [-0.15, -0.1) is 0 Å². The normalized spacial score (nSPS) is 13.1. The van der Waals surface area contributed by atoms with Crippen LogP contribution in [0.4, 0.5) is 13.2 Å². The van der Waals surface area contributed by atoms with Crippen LogP contribution in [-0.4, -0.2) is 12.6 Å². The van der Waals surface area contributed by atoms with E-state index in [1.807, 2.05) is 0 Å². The fourth-order valence-electron chi connectivity index (χ4n) is 1.82. The topological polar surface area (TPSA) is 52.3 Å². The molecular formula is C14H18F3NO2. The first-order chi connectivity index (χ1) is 9.27. The van der Waals surface area contributed by atoms with Crippen LogP contribution in [0.15, 0.2) is 18.2 Å². The van der Waals surface area contributed by atoms with Crippen LogP contribution in [-0.2, 0) is 22.1 Å². The number of ether oxygens (including phenoxy) is 1. The number of hydrogen-bond acceptors (Lipinski definition) is 3. The Balaban J connectivity index is 3.02. The molecule has 2 N–H and O–H groups in total. The SMILES string of the molecule is CCOC(=O)CC(N)c1cc(CC)cc(C(F)(F)F)c1. The Morgan fingerprint density at radius 2 is 1.95 bits per heavy atom. The number of carbonyl (C=O) groups excluding carboxylic acids is 1. The van der Waals surface area contributed by atoms with E-state index in [2.05, 4.69) is 0 Å². The number of halogens is 3. The highest BCUT2D eigenvalue weighted by Crippen LogP contribution is 2.32. The Morgan fingerprint density at radius 3 is 2.45 bits per heavy atom. The van der Waals surface area contributed by atoms with Gasteiger partial charge in [0, 0.05) is 6.04 Å². The van der Waals surface area contributed by atoms with Gasteiger partial charge in [-0.2, -0.15) is 13.2 Å². The first-order valence-electron chi connectivity index (χ1n) is 6.40. The van der Waals surface area contributed by atoms with Crippen molar-refractivity contribution in [1.29, 1.82) is 0 Å². The molecule has 0 bridgehead atoms. The van der Waals surface area contributed by atoms with Gasteiger partial charge in [0.05, 0.1) is 18.6 Å². The van der Waals surface area contributed by atoms with E-state index in [0.717, 1.165) is 12.1 Å². The summed E-state index contributed by atoms with van der Waals surface area (Å²) in [5.74, 6) is -0.518. The molecule has 0 saturated heterocycles. The van der Waals surface area contributed by atoms with Crippen molar-refractivity contribution in [3.05, 3.63) is 34.9 Å². The molecule has 0 heterocycles. The number of rotatable bonds is 5. The quantitative estimate of drug-likeness (QED) is 0.847. The minimum absolute atomic E-state index is 0.141. The Kier molecular flexibility index (Phi) is 5.56. The summed E-state index contributed by atoms with van der Waals surface area (Å²) in [7, 11) is 0. The van der Waals surface area contributed by atoms with E-state index in [0.29, 0.717) is 17.5 Å². The minimum Gasteiger partial charge on any atom is -0.466 e. The van der Waals surface area contributed by atoms with E-state index in [-0.39, 0.29) is 13.0 Å². The number of carbonyl (C=O) groups is 1. The molecule has 20 heavy (non-hydrogen) atoms. The summed E-state index contributed by atoms with van der Waals surface area (Å²) in [4.78, 5) is 11.3. The second-order valence-corrected chi connectivity index (χ2v) is 4.43. The molecule has 6 heteroatoms. The van der Waals surface area contributed by atoms with Gasteiger partial charge in [0.1, 0.15) is 0 Å². The van der Waals surface area contributed by atoms with Gasteiger partial charge in [-0.05, 0) is 36.6 Å². The van der Waals surface area contributed by atoms with Crippen LogP contribution in [0.1, 0.15) is 43.0 Å². The molecule has 0 aliphatic carbocycles. The largest absolute Gasteiger partial charge is 0.466 e. The van der Waals surface area contributed by atoms with Crippen molar-refractivity contribution in [3.63, 3.8) is 0 Å². The van der Waals surface area contributed by atoms with E-state index in [1.165, 1.54) is 0 Å². The molecular weight excluding hydrogens is 271 g/mol. The third kappa shape index (κ3) is 4.52. The van der Waals surface area contributed by atoms with Gasteiger partial charge in [-0.25, -0.2) is 0 Å². The first-order valence-corrected chi connectivity index (χ1v) is 6.40. The molecule has 0 spiro atoms. The van der Waals surface area contributed by atoms with Gasteiger partial charge < -0.3 is 10.5 Å². The molecule has 1 aromatic rings. The van der Waals surface area contributed by atoms with E-state index < -0.39 is 23.8 Å². The third-order valence-corrected chi connectivity index (χ3v) is 2.87. The van der Waals surface area contributed by atoms with Crippen LogP contribution in [0, 0.1) is 0 Å². The summed E-state index contributed by atoms with van der Waals surface area (Å²) in [6.07, 6.45) is -4.11. The first kappa shape index (κ1) is 16.5. The molecule has 3 nitrogen and oxygen atoms in total. The highest BCUT2D eigenvalue weighted by molar-refractivity contribution is 5.70. The minimum atomic E-state index is -4.43. The van der Waals surface area contributed by atoms with Crippen LogP contribution in [0.2, 0.25) is 0 Å². The number of esters is 1. The van der Waals surface area contributed by atoms with E-state index >= 15 is 0 Å². The molecule has 0 saturated carbocycles. The molecule has 1 aromatic carbocycles. The van der Waals surface area contributed by atoms with Gasteiger partial charge in [-0.3, -0.25) is 4.79 Å². The lowest BCUT2D eigenvalue weighted by Gasteiger charge is -2.16. The van der Waals surface area contributed by atoms with Crippen molar-refractivity contribution in [1.82, 2.24) is 0 Å². The predicted molar refractivity (Wildman–Crippen MR) is 69.0 cm³/mol. The molecule has 0 amide bonds. The summed E-state index contributed by atoms with van der Waals surface area (Å²) in [5, 5.41) is 0. The third-order valence-electron chi connectivity index (χ3n) is 2.87. The Labute approximate surface area is 115 Å². The number of alkyl halides is 3. The number of aryl methyl sites for hydroxylation is 1. The van der Waals surface area contributed by atoms with Crippen LogP contribution in [0.5, 0.6) is 0 Å². The van der Waals surface area contributed by atoms with Crippen molar-refractivity contribution in [2.45, 2.75) is 38.9 Å². The zero-order valence-corrected chi connectivity index (χ0v) is 11.5. The molecule has 0 aliphatic heterocycles. The summed E-state index contributed by atoms with van der Waals surface area (Å²) in [6, 6.07) is 2.88. The fraction of sp³-hybridized carbons (Fsp3) is 0.500. The van der Waals surface area contributed by atoms with Gasteiger partial charge in [0.15, 0.2) is 0 Å². The van der Waals surface area contributed by atoms with E-state index in [1.54, 1.807) is 19.9 Å². The maximum atomic E-state index is 12.8.